The smallest absolute Gasteiger partial charge is 0.323 e. The van der Waals surface area contributed by atoms with Gasteiger partial charge in [0.2, 0.25) is 5.78 Å². The number of aromatic nitrogens is 1. The first-order chi connectivity index (χ1) is 21.2. The number of fused-ring (bicyclic) bond motifs is 2. The summed E-state index contributed by atoms with van der Waals surface area (Å²) in [6.45, 7) is 7.98. The molecule has 2 aliphatic heterocycles. The number of benzene rings is 3. The summed E-state index contributed by atoms with van der Waals surface area (Å²) in [6, 6.07) is 17.2. The molecule has 0 unspecified atom stereocenters. The molecule has 2 N–H and O–H groups in total. The summed E-state index contributed by atoms with van der Waals surface area (Å²) in [5.74, 6) is 1.11. The van der Waals surface area contributed by atoms with Crippen LogP contribution in [-0.2, 0) is 6.54 Å². The number of amides is 3. The molecule has 3 amide bonds. The van der Waals surface area contributed by atoms with Gasteiger partial charge in [-0.25, -0.2) is 4.79 Å². The SMILES string of the molecule is CCn1c(C)c(C=C2Oc3ccc(NC(=O)Nc4ccc(C(=O)N5CCN(C)CC5)cc4)cc3C2=O)c2cc(OC)ccc21. The van der Waals surface area contributed by atoms with Gasteiger partial charge in [0, 0.05) is 71.8 Å². The van der Waals surface area contributed by atoms with Gasteiger partial charge in [0.25, 0.3) is 5.91 Å². The molecule has 44 heavy (non-hydrogen) atoms. The molecule has 3 aromatic carbocycles. The number of rotatable bonds is 6. The third-order valence-corrected chi connectivity index (χ3v) is 8.28. The van der Waals surface area contributed by atoms with E-state index in [1.807, 2.05) is 37.1 Å². The van der Waals surface area contributed by atoms with Crippen molar-refractivity contribution < 1.29 is 23.9 Å². The Balaban J connectivity index is 1.14. The first-order valence-corrected chi connectivity index (χ1v) is 14.7. The van der Waals surface area contributed by atoms with E-state index in [4.69, 9.17) is 9.47 Å². The second kappa shape index (κ2) is 11.9. The Kier molecular flexibility index (Phi) is 7.84. The van der Waals surface area contributed by atoms with E-state index in [1.54, 1.807) is 55.7 Å². The molecule has 4 aromatic rings. The summed E-state index contributed by atoms with van der Waals surface area (Å²) < 4.78 is 13.6. The zero-order valence-electron chi connectivity index (χ0n) is 25.3. The number of ether oxygens (including phenoxy) is 2. The van der Waals surface area contributed by atoms with Crippen molar-refractivity contribution in [3.05, 3.63) is 88.8 Å². The van der Waals surface area contributed by atoms with Gasteiger partial charge in [0.05, 0.1) is 12.7 Å². The van der Waals surface area contributed by atoms with E-state index in [-0.39, 0.29) is 17.4 Å². The van der Waals surface area contributed by atoms with Crippen molar-refractivity contribution in [3.8, 4) is 11.5 Å². The van der Waals surface area contributed by atoms with Crippen LogP contribution in [0, 0.1) is 6.92 Å². The molecule has 1 aromatic heterocycles. The van der Waals surface area contributed by atoms with Crippen LogP contribution >= 0.6 is 0 Å². The minimum Gasteiger partial charge on any atom is -0.497 e. The number of likely N-dealkylation sites (N-methyl/N-ethyl adjacent to an activating group) is 1. The lowest BCUT2D eigenvalue weighted by atomic mass is 10.1. The molecule has 0 aliphatic carbocycles. The average Bonchev–Trinajstić information content (AvgIpc) is 3.48. The van der Waals surface area contributed by atoms with E-state index in [1.165, 1.54) is 0 Å². The number of nitrogens with one attached hydrogen (secondary N) is 2. The largest absolute Gasteiger partial charge is 0.497 e. The maximum absolute atomic E-state index is 13.4. The number of allylic oxidation sites excluding steroid dienone is 1. The maximum atomic E-state index is 13.4. The summed E-state index contributed by atoms with van der Waals surface area (Å²) in [4.78, 5) is 43.0. The lowest BCUT2D eigenvalue weighted by molar-refractivity contribution is 0.0664. The monoisotopic (exact) mass is 593 g/mol. The van der Waals surface area contributed by atoms with Crippen LogP contribution in [0.25, 0.3) is 17.0 Å². The third-order valence-electron chi connectivity index (χ3n) is 8.28. The normalized spacial score (nSPS) is 15.8. The first-order valence-electron chi connectivity index (χ1n) is 14.7. The standard InChI is InChI=1S/C34H35N5O5/c1-5-39-21(2)26(27-19-25(43-4)11-12-29(27)39)20-31-32(40)28-18-24(10-13-30(28)44-31)36-34(42)35-23-8-6-22(7-9-23)33(41)38-16-14-37(3)15-17-38/h6-13,18-20H,5,14-17H2,1-4H3,(H2,35,36,42). The van der Waals surface area contributed by atoms with Crippen LogP contribution in [0.1, 0.15) is 38.9 Å². The Bertz CT molecular complexity index is 1800. The molecule has 0 saturated carbocycles. The van der Waals surface area contributed by atoms with Crippen LogP contribution in [0.15, 0.2) is 66.4 Å². The van der Waals surface area contributed by atoms with Crippen LogP contribution in [0.5, 0.6) is 11.5 Å². The van der Waals surface area contributed by atoms with Crippen LogP contribution in [0.3, 0.4) is 0 Å². The fourth-order valence-corrected chi connectivity index (χ4v) is 5.78. The molecule has 10 nitrogen and oxygen atoms in total. The van der Waals surface area contributed by atoms with Gasteiger partial charge in [0.1, 0.15) is 11.5 Å². The van der Waals surface area contributed by atoms with Crippen LogP contribution in [0.4, 0.5) is 16.2 Å². The van der Waals surface area contributed by atoms with Crippen molar-refractivity contribution in [2.75, 3.05) is 51.0 Å². The van der Waals surface area contributed by atoms with Gasteiger partial charge in [-0.15, -0.1) is 0 Å². The van der Waals surface area contributed by atoms with Crippen LogP contribution in [0.2, 0.25) is 0 Å². The fraction of sp³-hybridized carbons (Fsp3) is 0.265. The van der Waals surface area contributed by atoms with E-state index in [2.05, 4.69) is 27.0 Å². The molecule has 0 spiro atoms. The van der Waals surface area contributed by atoms with Gasteiger partial charge >= 0.3 is 6.03 Å². The first kappa shape index (κ1) is 29.0. The Morgan fingerprint density at radius 2 is 1.66 bits per heavy atom. The zero-order valence-corrected chi connectivity index (χ0v) is 25.3. The maximum Gasteiger partial charge on any atom is 0.323 e. The summed E-state index contributed by atoms with van der Waals surface area (Å²) in [6.07, 6.45) is 1.78. The van der Waals surface area contributed by atoms with Crippen molar-refractivity contribution in [3.63, 3.8) is 0 Å². The number of carbonyl (C=O) groups excluding carboxylic acids is 3. The summed E-state index contributed by atoms with van der Waals surface area (Å²) in [7, 11) is 3.67. The molecular formula is C34H35N5O5. The van der Waals surface area contributed by atoms with E-state index in [0.717, 1.165) is 47.5 Å². The lowest BCUT2D eigenvalue weighted by Gasteiger charge is -2.32. The number of urea groups is 1. The lowest BCUT2D eigenvalue weighted by Crippen LogP contribution is -2.47. The molecule has 1 saturated heterocycles. The Morgan fingerprint density at radius 1 is 0.955 bits per heavy atom. The molecule has 0 atom stereocenters. The summed E-state index contributed by atoms with van der Waals surface area (Å²) in [5, 5.41) is 6.53. The molecule has 2 aliphatic rings. The van der Waals surface area contributed by atoms with Gasteiger partial charge < -0.3 is 34.5 Å². The van der Waals surface area contributed by atoms with Crippen molar-refractivity contribution in [1.29, 1.82) is 0 Å². The Morgan fingerprint density at radius 3 is 2.36 bits per heavy atom. The van der Waals surface area contributed by atoms with Crippen LogP contribution < -0.4 is 20.1 Å². The Hall–Kier alpha value is -5.09. The van der Waals surface area contributed by atoms with E-state index in [9.17, 15) is 14.4 Å². The molecule has 0 bridgehead atoms. The molecule has 3 heterocycles. The number of piperazine rings is 1. The number of aryl methyl sites for hydroxylation is 1. The van der Waals surface area contributed by atoms with Crippen molar-refractivity contribution in [1.82, 2.24) is 14.4 Å². The van der Waals surface area contributed by atoms with E-state index >= 15 is 0 Å². The second-order valence-corrected chi connectivity index (χ2v) is 11.0. The van der Waals surface area contributed by atoms with E-state index < -0.39 is 6.03 Å². The van der Waals surface area contributed by atoms with Gasteiger partial charge in [0.15, 0.2) is 5.76 Å². The number of nitrogens with zero attached hydrogens (tertiary/aromatic N) is 3. The van der Waals surface area contributed by atoms with E-state index in [0.29, 0.717) is 41.3 Å². The van der Waals surface area contributed by atoms with Crippen LogP contribution in [-0.4, -0.2) is 72.4 Å². The van der Waals surface area contributed by atoms with Gasteiger partial charge in [-0.2, -0.15) is 0 Å². The van der Waals surface area contributed by atoms with Crippen molar-refractivity contribution >= 4 is 46.1 Å². The molecule has 1 fully saturated rings. The number of carbonyl (C=O) groups is 3. The molecule has 226 valence electrons. The summed E-state index contributed by atoms with van der Waals surface area (Å²) >= 11 is 0. The quantitative estimate of drug-likeness (QED) is 0.281. The highest BCUT2D eigenvalue weighted by atomic mass is 16.5. The molecular weight excluding hydrogens is 558 g/mol. The third kappa shape index (κ3) is 5.51. The topological polar surface area (TPSA) is 105 Å². The van der Waals surface area contributed by atoms with Gasteiger partial charge in [-0.3, -0.25) is 9.59 Å². The molecule has 6 rings (SSSR count). The number of methoxy groups -OCH3 is 1. The number of anilines is 2. The Labute approximate surface area is 255 Å². The fourth-order valence-electron chi connectivity index (χ4n) is 5.78. The highest BCUT2D eigenvalue weighted by Gasteiger charge is 2.29. The zero-order chi connectivity index (χ0) is 31.0. The summed E-state index contributed by atoms with van der Waals surface area (Å²) in [5.41, 5.74) is 4.91. The number of Topliss-reactive ketones (excluding diaryl/α,β-unsaturated/α-hetero) is 1. The number of hydrogen-bond acceptors (Lipinski definition) is 6. The van der Waals surface area contributed by atoms with Gasteiger partial charge in [-0.05, 0) is 87.6 Å². The van der Waals surface area contributed by atoms with Crippen molar-refractivity contribution in [2.24, 2.45) is 0 Å². The molecule has 0 radical (unpaired) electrons. The number of ketones is 1. The second-order valence-electron chi connectivity index (χ2n) is 11.0. The predicted octanol–water partition coefficient (Wildman–Crippen LogP) is 5.63. The van der Waals surface area contributed by atoms with Crippen molar-refractivity contribution in [2.45, 2.75) is 20.4 Å². The molecule has 10 heteroatoms. The average molecular weight is 594 g/mol. The highest BCUT2D eigenvalue weighted by Crippen LogP contribution is 2.37. The van der Waals surface area contributed by atoms with Gasteiger partial charge in [-0.1, -0.05) is 0 Å². The minimum atomic E-state index is -0.470. The highest BCUT2D eigenvalue weighted by molar-refractivity contribution is 6.16. The minimum absolute atomic E-state index is 0.0152. The predicted molar refractivity (Wildman–Crippen MR) is 171 cm³/mol. The number of hydrogen-bond donors (Lipinski definition) is 2.